The lowest BCUT2D eigenvalue weighted by Crippen LogP contribution is -2.12. The molecule has 1 aliphatic carbocycles. The molecule has 1 amide bonds. The highest BCUT2D eigenvalue weighted by Crippen LogP contribution is 2.38. The van der Waals surface area contributed by atoms with Crippen molar-refractivity contribution in [3.63, 3.8) is 0 Å². The smallest absolute Gasteiger partial charge is 0.226 e. The van der Waals surface area contributed by atoms with E-state index in [2.05, 4.69) is 15.4 Å². The van der Waals surface area contributed by atoms with Crippen molar-refractivity contribution in [1.29, 1.82) is 0 Å². The number of carbonyl (C=O) groups is 1. The minimum atomic E-state index is -0.0423. The fraction of sp³-hybridized carbons (Fsp3) is 0.409. The molecule has 1 aromatic carbocycles. The van der Waals surface area contributed by atoms with Gasteiger partial charge < -0.3 is 14.8 Å². The van der Waals surface area contributed by atoms with Gasteiger partial charge in [0.25, 0.3) is 0 Å². The number of fused-ring (bicyclic) bond motifs is 3. The van der Waals surface area contributed by atoms with Gasteiger partial charge >= 0.3 is 0 Å². The van der Waals surface area contributed by atoms with E-state index < -0.39 is 0 Å². The zero-order chi connectivity index (χ0) is 21.1. The topological polar surface area (TPSA) is 78.3 Å². The van der Waals surface area contributed by atoms with Crippen molar-refractivity contribution in [3.8, 4) is 22.8 Å². The van der Waals surface area contributed by atoms with Crippen molar-refractivity contribution in [2.24, 2.45) is 7.05 Å². The summed E-state index contributed by atoms with van der Waals surface area (Å²) in [5.41, 5.74) is 4.27. The molecule has 2 aromatic heterocycles. The molecule has 0 aliphatic heterocycles. The number of thiazole rings is 1. The lowest BCUT2D eigenvalue weighted by atomic mass is 10.0. The van der Waals surface area contributed by atoms with Crippen LogP contribution in [0.2, 0.25) is 0 Å². The molecule has 0 bridgehead atoms. The van der Waals surface area contributed by atoms with Gasteiger partial charge in [-0.15, -0.1) is 11.3 Å². The van der Waals surface area contributed by atoms with E-state index in [1.54, 1.807) is 11.3 Å². The molecule has 0 radical (unpaired) electrons. The minimum absolute atomic E-state index is 0.0423. The molecule has 1 N–H and O–H groups in total. The van der Waals surface area contributed by atoms with E-state index in [1.165, 1.54) is 10.6 Å². The molecule has 8 heteroatoms. The van der Waals surface area contributed by atoms with Gasteiger partial charge in [-0.05, 0) is 50.8 Å². The monoisotopic (exact) mass is 426 g/mol. The van der Waals surface area contributed by atoms with Crippen LogP contribution >= 0.6 is 11.3 Å². The fourth-order valence-corrected chi connectivity index (χ4v) is 4.66. The number of carbonyl (C=O) groups excluding carboxylic acids is 1. The van der Waals surface area contributed by atoms with Crippen LogP contribution < -0.4 is 14.8 Å². The summed E-state index contributed by atoms with van der Waals surface area (Å²) in [5, 5.41) is 7.96. The Morgan fingerprint density at radius 3 is 2.80 bits per heavy atom. The van der Waals surface area contributed by atoms with Crippen molar-refractivity contribution in [1.82, 2.24) is 14.8 Å². The molecule has 0 saturated carbocycles. The normalized spacial score (nSPS) is 12.2. The largest absolute Gasteiger partial charge is 0.490 e. The summed E-state index contributed by atoms with van der Waals surface area (Å²) < 4.78 is 13.2. The Balaban J connectivity index is 1.39. The third kappa shape index (κ3) is 4.18. The summed E-state index contributed by atoms with van der Waals surface area (Å²) >= 11 is 1.56. The number of amides is 1. The Kier molecular flexibility index (Phi) is 6.03. The van der Waals surface area contributed by atoms with Gasteiger partial charge in [-0.3, -0.25) is 9.48 Å². The van der Waals surface area contributed by atoms with Crippen molar-refractivity contribution in [3.05, 3.63) is 40.5 Å². The maximum absolute atomic E-state index is 12.5. The highest BCUT2D eigenvalue weighted by atomic mass is 32.1. The molecule has 0 saturated heterocycles. The first-order valence-corrected chi connectivity index (χ1v) is 11.1. The standard InChI is InChI=1S/C22H26N4O3S/c1-4-28-17-9-6-14(12-18(17)29-5-2)7-11-20(27)24-22-25-21-15-13-23-26(3)16(15)8-10-19(21)30-22/h6,9,12-13H,4-5,7-8,10-11H2,1-3H3,(H,24,25,27). The second kappa shape index (κ2) is 8.87. The van der Waals surface area contributed by atoms with Crippen molar-refractivity contribution >= 4 is 22.4 Å². The number of nitrogens with one attached hydrogen (secondary N) is 1. The van der Waals surface area contributed by atoms with E-state index in [4.69, 9.17) is 9.47 Å². The van der Waals surface area contributed by atoms with E-state index in [0.29, 0.717) is 31.2 Å². The number of hydrogen-bond donors (Lipinski definition) is 1. The molecule has 4 rings (SSSR count). The second-order valence-corrected chi connectivity index (χ2v) is 8.20. The summed E-state index contributed by atoms with van der Waals surface area (Å²) in [7, 11) is 1.96. The molecule has 30 heavy (non-hydrogen) atoms. The van der Waals surface area contributed by atoms with Gasteiger partial charge in [0.2, 0.25) is 5.91 Å². The lowest BCUT2D eigenvalue weighted by Gasteiger charge is -2.12. The number of aromatic nitrogens is 3. The van der Waals surface area contributed by atoms with E-state index in [-0.39, 0.29) is 5.91 Å². The van der Waals surface area contributed by atoms with Gasteiger partial charge in [0.15, 0.2) is 16.6 Å². The van der Waals surface area contributed by atoms with Crippen molar-refractivity contribution < 1.29 is 14.3 Å². The number of rotatable bonds is 8. The van der Waals surface area contributed by atoms with Gasteiger partial charge in [0.1, 0.15) is 0 Å². The van der Waals surface area contributed by atoms with Crippen LogP contribution in [0.5, 0.6) is 11.5 Å². The van der Waals surface area contributed by atoms with Gasteiger partial charge in [0.05, 0.1) is 25.1 Å². The van der Waals surface area contributed by atoms with Crippen LogP contribution in [0.15, 0.2) is 24.4 Å². The van der Waals surface area contributed by atoms with Crippen molar-refractivity contribution in [2.75, 3.05) is 18.5 Å². The average Bonchev–Trinajstić information content (AvgIpc) is 3.31. The maximum Gasteiger partial charge on any atom is 0.226 e. The zero-order valence-electron chi connectivity index (χ0n) is 17.5. The first-order chi connectivity index (χ1) is 14.6. The Morgan fingerprint density at radius 2 is 2.00 bits per heavy atom. The van der Waals surface area contributed by atoms with Crippen LogP contribution in [0.25, 0.3) is 11.3 Å². The number of ether oxygens (including phenoxy) is 2. The fourth-order valence-electron chi connectivity index (χ4n) is 3.66. The molecule has 1 aliphatic rings. The van der Waals surface area contributed by atoms with Crippen LogP contribution in [-0.2, 0) is 31.1 Å². The highest BCUT2D eigenvalue weighted by Gasteiger charge is 2.24. The zero-order valence-corrected chi connectivity index (χ0v) is 18.3. The van der Waals surface area contributed by atoms with Crippen LogP contribution in [0.4, 0.5) is 5.13 Å². The van der Waals surface area contributed by atoms with Gasteiger partial charge in [-0.2, -0.15) is 5.10 Å². The number of aryl methyl sites for hydroxylation is 3. The molecule has 158 valence electrons. The SMILES string of the molecule is CCOc1ccc(CCC(=O)Nc2nc3c(s2)CCc2c-3cnn2C)cc1OCC. The third-order valence-electron chi connectivity index (χ3n) is 5.10. The van der Waals surface area contributed by atoms with E-state index in [0.717, 1.165) is 41.2 Å². The Morgan fingerprint density at radius 1 is 1.20 bits per heavy atom. The van der Waals surface area contributed by atoms with Crippen LogP contribution in [-0.4, -0.2) is 33.9 Å². The van der Waals surface area contributed by atoms with Gasteiger partial charge in [0, 0.05) is 29.6 Å². The maximum atomic E-state index is 12.5. The molecular formula is C22H26N4O3S. The lowest BCUT2D eigenvalue weighted by molar-refractivity contribution is -0.116. The van der Waals surface area contributed by atoms with Crippen LogP contribution in [0, 0.1) is 0 Å². The first kappa shape index (κ1) is 20.4. The summed E-state index contributed by atoms with van der Waals surface area (Å²) in [6.45, 7) is 5.04. The third-order valence-corrected chi connectivity index (χ3v) is 6.13. The molecule has 7 nitrogen and oxygen atoms in total. The van der Waals surface area contributed by atoms with Gasteiger partial charge in [-0.25, -0.2) is 4.98 Å². The van der Waals surface area contributed by atoms with Gasteiger partial charge in [-0.1, -0.05) is 6.07 Å². The van der Waals surface area contributed by atoms with E-state index in [1.807, 2.05) is 50.0 Å². The Labute approximate surface area is 180 Å². The second-order valence-electron chi connectivity index (χ2n) is 7.11. The molecule has 3 aromatic rings. The average molecular weight is 427 g/mol. The molecule has 0 spiro atoms. The predicted octanol–water partition coefficient (Wildman–Crippen LogP) is 4.01. The Hall–Kier alpha value is -2.87. The van der Waals surface area contributed by atoms with E-state index in [9.17, 15) is 4.79 Å². The number of anilines is 1. The van der Waals surface area contributed by atoms with E-state index >= 15 is 0 Å². The molecule has 0 unspecified atom stereocenters. The molecule has 0 fully saturated rings. The highest BCUT2D eigenvalue weighted by molar-refractivity contribution is 7.16. The quantitative estimate of drug-likeness (QED) is 0.589. The molecule has 0 atom stereocenters. The number of benzene rings is 1. The number of nitrogens with zero attached hydrogens (tertiary/aromatic N) is 3. The molecule has 2 heterocycles. The number of hydrogen-bond acceptors (Lipinski definition) is 6. The minimum Gasteiger partial charge on any atom is -0.490 e. The first-order valence-electron chi connectivity index (χ1n) is 10.3. The van der Waals surface area contributed by atoms with Crippen molar-refractivity contribution in [2.45, 2.75) is 39.5 Å². The summed E-state index contributed by atoms with van der Waals surface area (Å²) in [6.07, 6.45) is 4.74. The summed E-state index contributed by atoms with van der Waals surface area (Å²) in [5.74, 6) is 1.41. The Bertz CT molecular complexity index is 1060. The summed E-state index contributed by atoms with van der Waals surface area (Å²) in [6, 6.07) is 5.84. The molecular weight excluding hydrogens is 400 g/mol. The van der Waals surface area contributed by atoms with Crippen LogP contribution in [0.1, 0.15) is 36.4 Å². The predicted molar refractivity (Wildman–Crippen MR) is 117 cm³/mol. The summed E-state index contributed by atoms with van der Waals surface area (Å²) in [4.78, 5) is 18.4. The van der Waals surface area contributed by atoms with Crippen LogP contribution in [0.3, 0.4) is 0 Å².